The highest BCUT2D eigenvalue weighted by Gasteiger charge is 2.30. The highest BCUT2D eigenvalue weighted by molar-refractivity contribution is 5.84. The molecule has 1 N–H and O–H groups in total. The molecule has 0 saturated carbocycles. The minimum atomic E-state index is -0.0538. The Labute approximate surface area is 121 Å². The first kappa shape index (κ1) is 15.0. The van der Waals surface area contributed by atoms with Crippen molar-refractivity contribution in [2.45, 2.75) is 32.6 Å². The third kappa shape index (κ3) is 3.40. The van der Waals surface area contributed by atoms with Gasteiger partial charge in [-0.25, -0.2) is 0 Å². The fourth-order valence-corrected chi connectivity index (χ4v) is 3.01. The van der Waals surface area contributed by atoms with Crippen molar-refractivity contribution < 1.29 is 9.90 Å². The molecule has 3 heteroatoms. The van der Waals surface area contributed by atoms with Gasteiger partial charge in [0.25, 0.3) is 0 Å². The van der Waals surface area contributed by atoms with Crippen LogP contribution in [0.2, 0.25) is 0 Å². The van der Waals surface area contributed by atoms with E-state index >= 15 is 0 Å². The van der Waals surface area contributed by atoms with Gasteiger partial charge >= 0.3 is 0 Å². The van der Waals surface area contributed by atoms with Crippen LogP contribution in [0.15, 0.2) is 30.3 Å². The molecule has 1 fully saturated rings. The van der Waals surface area contributed by atoms with Crippen LogP contribution in [-0.4, -0.2) is 35.6 Å². The second-order valence-electron chi connectivity index (χ2n) is 6.08. The van der Waals surface area contributed by atoms with Gasteiger partial charge < -0.3 is 10.0 Å². The summed E-state index contributed by atoms with van der Waals surface area (Å²) in [7, 11) is 0. The molecule has 1 saturated heterocycles. The molecule has 0 radical (unpaired) electrons. The molecule has 20 heavy (non-hydrogen) atoms. The number of amides is 1. The molecule has 1 aromatic rings. The second-order valence-corrected chi connectivity index (χ2v) is 6.08. The molecular formula is C17H25NO2. The van der Waals surface area contributed by atoms with E-state index in [1.165, 1.54) is 0 Å². The van der Waals surface area contributed by atoms with Crippen LogP contribution in [0.1, 0.15) is 38.2 Å². The fourth-order valence-electron chi connectivity index (χ4n) is 3.01. The van der Waals surface area contributed by atoms with Crippen LogP contribution in [0.4, 0.5) is 0 Å². The predicted octanol–water partition coefficient (Wildman–Crippen LogP) is 2.66. The zero-order chi connectivity index (χ0) is 14.5. The van der Waals surface area contributed by atoms with E-state index in [2.05, 4.69) is 13.8 Å². The monoisotopic (exact) mass is 275 g/mol. The Hall–Kier alpha value is -1.35. The summed E-state index contributed by atoms with van der Waals surface area (Å²) >= 11 is 0. The Balaban J connectivity index is 2.09. The van der Waals surface area contributed by atoms with E-state index in [4.69, 9.17) is 0 Å². The van der Waals surface area contributed by atoms with Gasteiger partial charge in [-0.05, 0) is 30.2 Å². The number of likely N-dealkylation sites (tertiary alicyclic amines) is 1. The average molecular weight is 275 g/mol. The van der Waals surface area contributed by atoms with Crippen molar-refractivity contribution in [3.8, 4) is 0 Å². The molecular weight excluding hydrogens is 250 g/mol. The third-order valence-corrected chi connectivity index (χ3v) is 4.28. The second kappa shape index (κ2) is 6.89. The zero-order valence-electron chi connectivity index (χ0n) is 12.5. The molecule has 1 unspecified atom stereocenters. The summed E-state index contributed by atoms with van der Waals surface area (Å²) in [5, 5.41) is 9.19. The molecule has 110 valence electrons. The Morgan fingerprint density at radius 3 is 2.35 bits per heavy atom. The van der Waals surface area contributed by atoms with E-state index in [1.807, 2.05) is 35.2 Å². The Kier molecular flexibility index (Phi) is 5.18. The van der Waals surface area contributed by atoms with Crippen LogP contribution >= 0.6 is 0 Å². The number of piperidine rings is 1. The molecule has 0 aromatic heterocycles. The van der Waals surface area contributed by atoms with Gasteiger partial charge in [0.2, 0.25) is 5.91 Å². The summed E-state index contributed by atoms with van der Waals surface area (Å²) < 4.78 is 0. The predicted molar refractivity (Wildman–Crippen MR) is 80.4 cm³/mol. The van der Waals surface area contributed by atoms with E-state index in [1.54, 1.807) is 0 Å². The first-order valence-electron chi connectivity index (χ1n) is 7.58. The normalized spacial score (nSPS) is 18.3. The van der Waals surface area contributed by atoms with Crippen LogP contribution in [0.3, 0.4) is 0 Å². The number of rotatable bonds is 4. The maximum absolute atomic E-state index is 12.8. The van der Waals surface area contributed by atoms with Crippen LogP contribution in [0.5, 0.6) is 0 Å². The number of hydrogen-bond acceptors (Lipinski definition) is 2. The number of hydrogen-bond donors (Lipinski definition) is 1. The molecule has 1 aliphatic rings. The molecule has 2 rings (SSSR count). The molecule has 1 heterocycles. The first-order valence-corrected chi connectivity index (χ1v) is 7.58. The fraction of sp³-hybridized carbons (Fsp3) is 0.588. The maximum Gasteiger partial charge on any atom is 0.230 e. The van der Waals surface area contributed by atoms with Gasteiger partial charge in [-0.1, -0.05) is 44.2 Å². The summed E-state index contributed by atoms with van der Waals surface area (Å²) in [6, 6.07) is 10.1. The van der Waals surface area contributed by atoms with Crippen LogP contribution in [-0.2, 0) is 4.79 Å². The largest absolute Gasteiger partial charge is 0.396 e. The van der Waals surface area contributed by atoms with Crippen molar-refractivity contribution in [2.75, 3.05) is 19.7 Å². The van der Waals surface area contributed by atoms with Gasteiger partial charge in [0.15, 0.2) is 0 Å². The summed E-state index contributed by atoms with van der Waals surface area (Å²) in [6.07, 6.45) is 1.84. The van der Waals surface area contributed by atoms with Crippen molar-refractivity contribution in [2.24, 2.45) is 11.8 Å². The van der Waals surface area contributed by atoms with Gasteiger partial charge in [0.1, 0.15) is 0 Å². The van der Waals surface area contributed by atoms with Gasteiger partial charge in [0.05, 0.1) is 5.92 Å². The summed E-state index contributed by atoms with van der Waals surface area (Å²) in [6.45, 7) is 6.01. The Morgan fingerprint density at radius 1 is 1.25 bits per heavy atom. The number of aliphatic hydroxyl groups is 1. The smallest absolute Gasteiger partial charge is 0.230 e. The van der Waals surface area contributed by atoms with E-state index in [0.717, 1.165) is 31.5 Å². The Bertz CT molecular complexity index is 422. The number of aliphatic hydroxyl groups excluding tert-OH is 1. The third-order valence-electron chi connectivity index (χ3n) is 4.28. The minimum absolute atomic E-state index is 0.0538. The summed E-state index contributed by atoms with van der Waals surface area (Å²) in [5.74, 6) is 0.846. The molecule has 1 aromatic carbocycles. The number of benzene rings is 1. The number of carbonyl (C=O) groups excluding carboxylic acids is 1. The van der Waals surface area contributed by atoms with Gasteiger partial charge in [-0.15, -0.1) is 0 Å². The highest BCUT2D eigenvalue weighted by atomic mass is 16.3. The molecule has 0 spiro atoms. The maximum atomic E-state index is 12.8. The first-order chi connectivity index (χ1) is 9.63. The van der Waals surface area contributed by atoms with Gasteiger partial charge in [-0.2, -0.15) is 0 Å². The van der Waals surface area contributed by atoms with Gasteiger partial charge in [-0.3, -0.25) is 4.79 Å². The quantitative estimate of drug-likeness (QED) is 0.917. The minimum Gasteiger partial charge on any atom is -0.396 e. The number of carbonyl (C=O) groups is 1. The summed E-state index contributed by atoms with van der Waals surface area (Å²) in [5.41, 5.74) is 1.11. The van der Waals surface area contributed by atoms with Crippen LogP contribution < -0.4 is 0 Å². The lowest BCUT2D eigenvalue weighted by Gasteiger charge is -2.35. The number of nitrogens with zero attached hydrogens (tertiary/aromatic N) is 1. The molecule has 1 aliphatic heterocycles. The lowest BCUT2D eigenvalue weighted by Crippen LogP contribution is -2.42. The van der Waals surface area contributed by atoms with Crippen LogP contribution in [0, 0.1) is 11.8 Å². The van der Waals surface area contributed by atoms with E-state index in [9.17, 15) is 9.90 Å². The van der Waals surface area contributed by atoms with Crippen molar-refractivity contribution in [1.29, 1.82) is 0 Å². The van der Waals surface area contributed by atoms with Crippen molar-refractivity contribution in [1.82, 2.24) is 4.90 Å². The SMILES string of the molecule is CC(C)C(C(=O)N1CCC(CO)CC1)c1ccccc1. The lowest BCUT2D eigenvalue weighted by molar-refractivity contribution is -0.135. The van der Waals surface area contributed by atoms with Crippen molar-refractivity contribution in [3.63, 3.8) is 0 Å². The molecule has 0 aliphatic carbocycles. The lowest BCUT2D eigenvalue weighted by atomic mass is 9.86. The topological polar surface area (TPSA) is 40.5 Å². The van der Waals surface area contributed by atoms with Crippen LogP contribution in [0.25, 0.3) is 0 Å². The van der Waals surface area contributed by atoms with Gasteiger partial charge in [0, 0.05) is 19.7 Å². The molecule has 1 atom stereocenters. The highest BCUT2D eigenvalue weighted by Crippen LogP contribution is 2.28. The Morgan fingerprint density at radius 2 is 1.85 bits per heavy atom. The standard InChI is InChI=1S/C17H25NO2/c1-13(2)16(15-6-4-3-5-7-15)17(20)18-10-8-14(12-19)9-11-18/h3-7,13-14,16,19H,8-12H2,1-2H3. The van der Waals surface area contributed by atoms with E-state index in [0.29, 0.717) is 11.8 Å². The van der Waals surface area contributed by atoms with E-state index < -0.39 is 0 Å². The zero-order valence-corrected chi connectivity index (χ0v) is 12.5. The van der Waals surface area contributed by atoms with E-state index in [-0.39, 0.29) is 18.4 Å². The summed E-state index contributed by atoms with van der Waals surface area (Å²) in [4.78, 5) is 14.8. The average Bonchev–Trinajstić information content (AvgIpc) is 2.48. The molecule has 0 bridgehead atoms. The van der Waals surface area contributed by atoms with Crippen molar-refractivity contribution in [3.05, 3.63) is 35.9 Å². The molecule has 1 amide bonds. The molecule has 3 nitrogen and oxygen atoms in total. The van der Waals surface area contributed by atoms with Crippen molar-refractivity contribution >= 4 is 5.91 Å².